The topological polar surface area (TPSA) is 60.4 Å². The first kappa shape index (κ1) is 21.9. The van der Waals surface area contributed by atoms with E-state index < -0.39 is 15.6 Å². The molecular weight excluding hydrogens is 417 g/mol. The summed E-state index contributed by atoms with van der Waals surface area (Å²) in [6.45, 7) is 6.12. The van der Waals surface area contributed by atoms with Crippen molar-refractivity contribution in [3.8, 4) is 0 Å². The first-order valence-corrected chi connectivity index (χ1v) is 12.1. The average Bonchev–Trinajstić information content (AvgIpc) is 2.98. The zero-order valence-corrected chi connectivity index (χ0v) is 18.4. The van der Waals surface area contributed by atoms with Crippen LogP contribution >= 0.6 is 0 Å². The molecule has 0 aliphatic heterocycles. The van der Waals surface area contributed by atoms with E-state index in [-0.39, 0.29) is 34.7 Å². The van der Waals surface area contributed by atoms with Gasteiger partial charge in [0.2, 0.25) is 0 Å². The monoisotopic (exact) mass is 446 g/mol. The Hall–Kier alpha value is -1.31. The minimum Gasteiger partial charge on any atom is -0.381 e. The smallest absolute Gasteiger partial charge is 0.381 e. The van der Waals surface area contributed by atoms with Gasteiger partial charge in [0.25, 0.3) is 0 Å². The van der Waals surface area contributed by atoms with Crippen LogP contribution in [0.25, 0.3) is 0 Å². The van der Waals surface area contributed by atoms with Crippen molar-refractivity contribution in [2.45, 2.75) is 71.2 Å². The summed E-state index contributed by atoms with van der Waals surface area (Å²) < 4.78 is 65.3. The molecule has 2 saturated carbocycles. The molecule has 0 spiro atoms. The molecule has 0 saturated heterocycles. The van der Waals surface area contributed by atoms with E-state index in [0.29, 0.717) is 24.2 Å². The van der Waals surface area contributed by atoms with Crippen LogP contribution in [-0.2, 0) is 19.1 Å². The van der Waals surface area contributed by atoms with Crippen molar-refractivity contribution in [2.75, 3.05) is 0 Å². The van der Waals surface area contributed by atoms with Gasteiger partial charge < -0.3 is 4.18 Å². The third kappa shape index (κ3) is 3.16. The predicted octanol–water partition coefficient (Wildman–Crippen LogP) is 5.51. The summed E-state index contributed by atoms with van der Waals surface area (Å²) in [6, 6.07) is 0. The van der Waals surface area contributed by atoms with Crippen molar-refractivity contribution in [2.24, 2.45) is 34.5 Å². The molecule has 168 valence electrons. The van der Waals surface area contributed by atoms with Crippen molar-refractivity contribution in [1.82, 2.24) is 0 Å². The molecule has 0 bridgehead atoms. The second-order valence-electron chi connectivity index (χ2n) is 10.1. The predicted molar refractivity (Wildman–Crippen MR) is 105 cm³/mol. The second-order valence-corrected chi connectivity index (χ2v) is 11.6. The fourth-order valence-corrected chi connectivity index (χ4v) is 7.73. The number of hydrogen-bond acceptors (Lipinski definition) is 4. The molecule has 4 aliphatic rings. The van der Waals surface area contributed by atoms with Gasteiger partial charge in [0, 0.05) is 12.3 Å². The molecule has 0 aromatic heterocycles. The Morgan fingerprint density at radius 3 is 2.47 bits per heavy atom. The molecule has 30 heavy (non-hydrogen) atoms. The first-order chi connectivity index (χ1) is 13.8. The van der Waals surface area contributed by atoms with Crippen LogP contribution < -0.4 is 0 Å². The highest BCUT2D eigenvalue weighted by atomic mass is 32.2. The highest BCUT2D eigenvalue weighted by molar-refractivity contribution is 7.87. The van der Waals surface area contributed by atoms with Crippen molar-refractivity contribution in [1.29, 1.82) is 0 Å². The molecule has 0 aromatic carbocycles. The van der Waals surface area contributed by atoms with Crippen LogP contribution in [0, 0.1) is 34.5 Å². The van der Waals surface area contributed by atoms with Crippen LogP contribution in [0.1, 0.15) is 65.7 Å². The molecule has 4 nitrogen and oxygen atoms in total. The molecule has 0 unspecified atom stereocenters. The fourth-order valence-electron chi connectivity index (χ4n) is 7.22. The SMILES string of the molecule is CC(=O)[C@H]1CC[C@H]2[C@@H]3CC=C4C=C(OS(=O)(=O)C(F)(F)F)CC[C@]4(C)[C@H]3CC[C@]12C. The standard InChI is InChI=1S/C22H29F3O4S/c1-13(26)17-6-7-18-16-5-4-14-12-15(29-30(27,28)22(23,24)25)8-10-20(14,2)19(16)9-11-21(17,18)3/h4,12,16-19H,5-11H2,1-3H3/t16-,17+,18-,19-,20-,21+/m0/s1. The molecule has 4 rings (SSSR count). The number of Topliss-reactive ketones (excluding diaryl/α,β-unsaturated/α-hetero) is 1. The quantitative estimate of drug-likeness (QED) is 0.423. The molecule has 8 heteroatoms. The van der Waals surface area contributed by atoms with Crippen molar-refractivity contribution in [3.63, 3.8) is 0 Å². The van der Waals surface area contributed by atoms with Gasteiger partial charge in [-0.2, -0.15) is 21.6 Å². The maximum Gasteiger partial charge on any atom is 0.534 e. The fraction of sp³-hybridized carbons (Fsp3) is 0.773. The highest BCUT2D eigenvalue weighted by Crippen LogP contribution is 2.66. The van der Waals surface area contributed by atoms with E-state index in [1.165, 1.54) is 6.08 Å². The zero-order chi connectivity index (χ0) is 22.1. The summed E-state index contributed by atoms with van der Waals surface area (Å²) in [5, 5.41) is 0. The van der Waals surface area contributed by atoms with Crippen LogP contribution in [0.3, 0.4) is 0 Å². The van der Waals surface area contributed by atoms with Crippen LogP contribution in [0.15, 0.2) is 23.5 Å². The van der Waals surface area contributed by atoms with Gasteiger partial charge in [-0.25, -0.2) is 0 Å². The number of halogens is 3. The minimum atomic E-state index is -5.64. The van der Waals surface area contributed by atoms with E-state index in [1.807, 2.05) is 0 Å². The summed E-state index contributed by atoms with van der Waals surface area (Å²) in [4.78, 5) is 12.2. The van der Waals surface area contributed by atoms with Crippen molar-refractivity contribution < 1.29 is 30.6 Å². The lowest BCUT2D eigenvalue weighted by atomic mass is 9.48. The number of ketones is 1. The number of rotatable bonds is 3. The lowest BCUT2D eigenvalue weighted by molar-refractivity contribution is -0.127. The third-order valence-corrected chi connectivity index (χ3v) is 9.72. The van der Waals surface area contributed by atoms with Gasteiger partial charge in [0.1, 0.15) is 11.5 Å². The van der Waals surface area contributed by atoms with Crippen molar-refractivity contribution >= 4 is 15.9 Å². The van der Waals surface area contributed by atoms with Gasteiger partial charge in [-0.15, -0.1) is 0 Å². The Morgan fingerprint density at radius 1 is 1.13 bits per heavy atom. The molecule has 0 radical (unpaired) electrons. The maximum atomic E-state index is 12.7. The molecule has 2 fully saturated rings. The van der Waals surface area contributed by atoms with E-state index >= 15 is 0 Å². The average molecular weight is 447 g/mol. The number of carbonyl (C=O) groups excluding carboxylic acids is 1. The van der Waals surface area contributed by atoms with E-state index in [9.17, 15) is 26.4 Å². The molecule has 0 heterocycles. The van der Waals surface area contributed by atoms with Gasteiger partial charge in [-0.3, -0.25) is 4.79 Å². The summed E-state index contributed by atoms with van der Waals surface area (Å²) in [5.74, 6) is 1.60. The summed E-state index contributed by atoms with van der Waals surface area (Å²) in [7, 11) is -5.64. The van der Waals surface area contributed by atoms with E-state index in [4.69, 9.17) is 0 Å². The van der Waals surface area contributed by atoms with Gasteiger partial charge >= 0.3 is 15.6 Å². The molecular formula is C22H29F3O4S. The molecule has 4 aliphatic carbocycles. The van der Waals surface area contributed by atoms with E-state index in [1.54, 1.807) is 6.92 Å². The Labute approximate surface area is 176 Å². The minimum absolute atomic E-state index is 0.0360. The van der Waals surface area contributed by atoms with Gasteiger partial charge in [-0.1, -0.05) is 19.9 Å². The first-order valence-electron chi connectivity index (χ1n) is 10.7. The largest absolute Gasteiger partial charge is 0.534 e. The summed E-state index contributed by atoms with van der Waals surface area (Å²) in [5.41, 5.74) is -4.70. The normalized spacial score (nSPS) is 41.1. The summed E-state index contributed by atoms with van der Waals surface area (Å²) >= 11 is 0. The third-order valence-electron chi connectivity index (χ3n) is 8.72. The number of fused-ring (bicyclic) bond motifs is 5. The van der Waals surface area contributed by atoms with Gasteiger partial charge in [0.15, 0.2) is 0 Å². The lowest BCUT2D eigenvalue weighted by Crippen LogP contribution is -2.49. The molecule has 0 aromatic rings. The molecule has 6 atom stereocenters. The molecule has 0 N–H and O–H groups in total. The Bertz CT molecular complexity index is 919. The second kappa shape index (κ2) is 6.84. The Balaban J connectivity index is 1.61. The van der Waals surface area contributed by atoms with Crippen LogP contribution in [-0.4, -0.2) is 19.7 Å². The number of carbonyl (C=O) groups is 1. The van der Waals surface area contributed by atoms with Gasteiger partial charge in [-0.05, 0) is 85.7 Å². The van der Waals surface area contributed by atoms with Crippen LogP contribution in [0.4, 0.5) is 13.2 Å². The number of hydrogen-bond donors (Lipinski definition) is 0. The maximum absolute atomic E-state index is 12.7. The van der Waals surface area contributed by atoms with Crippen LogP contribution in [0.5, 0.6) is 0 Å². The highest BCUT2D eigenvalue weighted by Gasteiger charge is 2.59. The lowest BCUT2D eigenvalue weighted by Gasteiger charge is -2.56. The summed E-state index contributed by atoms with van der Waals surface area (Å²) in [6.07, 6.45) is 9.11. The number of alkyl halides is 3. The Kier molecular flexibility index (Phi) is 5.00. The van der Waals surface area contributed by atoms with Crippen molar-refractivity contribution in [3.05, 3.63) is 23.5 Å². The van der Waals surface area contributed by atoms with E-state index in [2.05, 4.69) is 24.1 Å². The van der Waals surface area contributed by atoms with Gasteiger partial charge in [0.05, 0.1) is 0 Å². The van der Waals surface area contributed by atoms with Crippen LogP contribution in [0.2, 0.25) is 0 Å². The molecule has 0 amide bonds. The van der Waals surface area contributed by atoms with E-state index in [0.717, 1.165) is 37.7 Å². The Morgan fingerprint density at radius 2 is 1.83 bits per heavy atom. The number of allylic oxidation sites excluding steroid dienone is 4. The zero-order valence-electron chi connectivity index (χ0n) is 17.6.